The van der Waals surface area contributed by atoms with Gasteiger partial charge >= 0.3 is 6.09 Å². The lowest BCUT2D eigenvalue weighted by Crippen LogP contribution is -2.66. The predicted molar refractivity (Wildman–Crippen MR) is 203 cm³/mol. The van der Waals surface area contributed by atoms with Crippen LogP contribution in [0.4, 0.5) is 4.79 Å². The van der Waals surface area contributed by atoms with Crippen LogP contribution in [0.25, 0.3) is 33.4 Å². The molecule has 0 saturated heterocycles. The van der Waals surface area contributed by atoms with E-state index in [1.807, 2.05) is 48.5 Å². The van der Waals surface area contributed by atoms with Crippen molar-refractivity contribution in [3.8, 4) is 28.2 Å². The van der Waals surface area contributed by atoms with Crippen LogP contribution in [-0.2, 0) is 20.5 Å². The number of carbonyl (C=O) groups is 1. The molecule has 6 rings (SSSR count). The van der Waals surface area contributed by atoms with Crippen LogP contribution in [0.3, 0.4) is 0 Å². The maximum atomic E-state index is 13.2. The molecule has 0 aliphatic rings. The predicted octanol–water partition coefficient (Wildman–Crippen LogP) is 8.63. The van der Waals surface area contributed by atoms with Crippen LogP contribution >= 0.6 is 22.6 Å². The van der Waals surface area contributed by atoms with E-state index in [2.05, 4.69) is 91.9 Å². The zero-order chi connectivity index (χ0) is 34.6. The fourth-order valence-corrected chi connectivity index (χ4v) is 11.6. The summed E-state index contributed by atoms with van der Waals surface area (Å²) in [6.07, 6.45) is 2.97. The van der Waals surface area contributed by atoms with E-state index >= 15 is 0 Å². The van der Waals surface area contributed by atoms with Gasteiger partial charge in [-0.2, -0.15) is 0 Å². The number of oxazole rings is 1. The highest BCUT2D eigenvalue weighted by molar-refractivity contribution is 14.1. The lowest BCUT2D eigenvalue weighted by atomic mass is 9.98. The lowest BCUT2D eigenvalue weighted by molar-refractivity contribution is 0.0509. The van der Waals surface area contributed by atoms with Gasteiger partial charge in [-0.15, -0.1) is 0 Å². The van der Waals surface area contributed by atoms with Crippen LogP contribution in [0.15, 0.2) is 114 Å². The average molecular weight is 787 g/mol. The molecule has 8 nitrogen and oxygen atoms in total. The van der Waals surface area contributed by atoms with Gasteiger partial charge in [0, 0.05) is 29.8 Å². The monoisotopic (exact) mass is 786 g/mol. The van der Waals surface area contributed by atoms with Crippen LogP contribution in [0.5, 0.6) is 5.75 Å². The van der Waals surface area contributed by atoms with Gasteiger partial charge < -0.3 is 23.1 Å². The largest absolute Gasteiger partial charge is 0.466 e. The summed E-state index contributed by atoms with van der Waals surface area (Å²) in [6.45, 7) is 9.00. The topological polar surface area (TPSA) is 85.0 Å². The van der Waals surface area contributed by atoms with Crippen LogP contribution in [0.1, 0.15) is 33.6 Å². The number of rotatable bonds is 11. The van der Waals surface area contributed by atoms with Gasteiger partial charge in [-0.1, -0.05) is 106 Å². The van der Waals surface area contributed by atoms with Crippen molar-refractivity contribution in [2.24, 2.45) is 0 Å². The van der Waals surface area contributed by atoms with E-state index in [1.165, 1.54) is 14.9 Å². The van der Waals surface area contributed by atoms with Crippen molar-refractivity contribution in [2.75, 3.05) is 20.5 Å². The van der Waals surface area contributed by atoms with E-state index in [-0.39, 0.29) is 25.0 Å². The molecule has 0 bridgehead atoms. The Morgan fingerprint density at radius 3 is 2.16 bits per heavy atom. The zero-order valence-electron chi connectivity index (χ0n) is 28.2. The summed E-state index contributed by atoms with van der Waals surface area (Å²) < 4.78 is 32.8. The first-order valence-electron chi connectivity index (χ1n) is 16.1. The SMILES string of the molecule is CCOC(=O)n1cc(-c2cnc(CO[Si](c3ccccc3)(c3ccccc3)C(C)(C)C)o2)c2c(-c3cccc(I)c3OCOC)cccc21. The van der Waals surface area contributed by atoms with Gasteiger partial charge in [-0.05, 0) is 62.6 Å². The summed E-state index contributed by atoms with van der Waals surface area (Å²) in [6, 6.07) is 32.7. The first-order chi connectivity index (χ1) is 23.7. The molecule has 0 spiro atoms. The molecule has 0 N–H and O–H groups in total. The van der Waals surface area contributed by atoms with Crippen molar-refractivity contribution < 1.29 is 27.8 Å². The molecule has 6 aromatic rings. The Balaban J connectivity index is 1.46. The second-order valence-electron chi connectivity index (χ2n) is 12.5. The number of hydrogen-bond acceptors (Lipinski definition) is 7. The third kappa shape index (κ3) is 6.70. The Labute approximate surface area is 301 Å². The van der Waals surface area contributed by atoms with E-state index in [9.17, 15) is 4.79 Å². The number of halogens is 1. The van der Waals surface area contributed by atoms with E-state index < -0.39 is 14.4 Å². The molecule has 2 heterocycles. The molecule has 0 amide bonds. The van der Waals surface area contributed by atoms with Crippen LogP contribution < -0.4 is 15.1 Å². The van der Waals surface area contributed by atoms with Gasteiger partial charge in [-0.25, -0.2) is 9.78 Å². The summed E-state index contributed by atoms with van der Waals surface area (Å²) in [4.78, 5) is 17.9. The van der Waals surface area contributed by atoms with E-state index in [4.69, 9.17) is 28.0 Å². The molecule has 49 heavy (non-hydrogen) atoms. The molecule has 0 atom stereocenters. The van der Waals surface area contributed by atoms with Gasteiger partial charge in [-0.3, -0.25) is 4.57 Å². The summed E-state index contributed by atoms with van der Waals surface area (Å²) in [7, 11) is -1.24. The molecule has 0 unspecified atom stereocenters. The highest BCUT2D eigenvalue weighted by Crippen LogP contribution is 2.43. The number of hydrogen-bond donors (Lipinski definition) is 0. The Morgan fingerprint density at radius 1 is 0.878 bits per heavy atom. The molecule has 10 heteroatoms. The van der Waals surface area contributed by atoms with Gasteiger partial charge in [0.2, 0.25) is 5.89 Å². The Bertz CT molecular complexity index is 2010. The lowest BCUT2D eigenvalue weighted by Gasteiger charge is -2.42. The first-order valence-corrected chi connectivity index (χ1v) is 19.1. The fraction of sp³-hybridized carbons (Fsp3) is 0.231. The number of nitrogens with zero attached hydrogens (tertiary/aromatic N) is 2. The van der Waals surface area contributed by atoms with Crippen LogP contribution in [0, 0.1) is 3.57 Å². The van der Waals surface area contributed by atoms with E-state index in [0.717, 1.165) is 20.1 Å². The van der Waals surface area contributed by atoms with Gasteiger partial charge in [0.05, 0.1) is 21.9 Å². The van der Waals surface area contributed by atoms with Gasteiger partial charge in [0.25, 0.3) is 8.32 Å². The van der Waals surface area contributed by atoms with Gasteiger partial charge in [0.1, 0.15) is 12.4 Å². The second-order valence-corrected chi connectivity index (χ2v) is 18.0. The fourth-order valence-electron chi connectivity index (χ4n) is 6.46. The summed E-state index contributed by atoms with van der Waals surface area (Å²) in [5.74, 6) is 1.63. The molecule has 0 saturated carbocycles. The van der Waals surface area contributed by atoms with Crippen LogP contribution in [0.2, 0.25) is 5.04 Å². The van der Waals surface area contributed by atoms with Crippen molar-refractivity contribution in [1.82, 2.24) is 9.55 Å². The summed E-state index contributed by atoms with van der Waals surface area (Å²) >= 11 is 2.26. The number of aromatic nitrogens is 2. The van der Waals surface area contributed by atoms with Gasteiger partial charge in [0.15, 0.2) is 12.6 Å². The maximum Gasteiger partial charge on any atom is 0.418 e. The van der Waals surface area contributed by atoms with Crippen molar-refractivity contribution in [2.45, 2.75) is 39.3 Å². The molecule has 0 fully saturated rings. The van der Waals surface area contributed by atoms with Crippen molar-refractivity contribution in [3.05, 3.63) is 119 Å². The minimum absolute atomic E-state index is 0.0937. The minimum atomic E-state index is -2.83. The maximum absolute atomic E-state index is 13.2. The number of fused-ring (bicyclic) bond motifs is 1. The number of para-hydroxylation sites is 1. The number of benzene rings is 4. The molecule has 0 aliphatic heterocycles. The number of carbonyl (C=O) groups excluding carboxylic acids is 1. The zero-order valence-corrected chi connectivity index (χ0v) is 31.4. The quantitative estimate of drug-likeness (QED) is 0.0739. The Morgan fingerprint density at radius 2 is 1.53 bits per heavy atom. The molecule has 4 aromatic carbocycles. The minimum Gasteiger partial charge on any atom is -0.466 e. The van der Waals surface area contributed by atoms with Crippen molar-refractivity contribution >= 4 is 58.3 Å². The Kier molecular flexibility index (Phi) is 10.4. The highest BCUT2D eigenvalue weighted by atomic mass is 127. The highest BCUT2D eigenvalue weighted by Gasteiger charge is 2.50. The third-order valence-corrected chi connectivity index (χ3v) is 14.4. The van der Waals surface area contributed by atoms with Crippen molar-refractivity contribution in [3.63, 3.8) is 0 Å². The summed E-state index contributed by atoms with van der Waals surface area (Å²) in [5, 5.41) is 2.94. The molecular formula is C39H39IN2O6Si. The average Bonchev–Trinajstić information content (AvgIpc) is 3.74. The number of ether oxygens (including phenoxy) is 3. The molecule has 0 aliphatic carbocycles. The normalized spacial score (nSPS) is 12.0. The molecular weight excluding hydrogens is 747 g/mol. The summed E-state index contributed by atoms with van der Waals surface area (Å²) in [5.41, 5.74) is 3.08. The number of methoxy groups -OCH3 is 1. The first kappa shape index (κ1) is 34.6. The molecule has 252 valence electrons. The smallest absolute Gasteiger partial charge is 0.418 e. The third-order valence-electron chi connectivity index (χ3n) is 8.52. The molecule has 0 radical (unpaired) electrons. The van der Waals surface area contributed by atoms with Crippen molar-refractivity contribution in [1.29, 1.82) is 0 Å². The standard InChI is InChI=1S/C39H39IN2O6Si/c1-6-45-38(43)42-24-31(36-29(19-14-22-33(36)42)30-20-13-21-32(40)37(30)46-26-44-5)34-23-41-35(48-34)25-47-49(39(2,3)4,27-15-9-7-10-16-27)28-17-11-8-12-18-28/h7-24H,6,25-26H2,1-5H3. The molecule has 2 aromatic heterocycles. The Hall–Kier alpha value is -4.23. The van der Waals surface area contributed by atoms with E-state index in [1.54, 1.807) is 26.4 Å². The second kappa shape index (κ2) is 14.7. The van der Waals surface area contributed by atoms with Crippen LogP contribution in [-0.4, -0.2) is 44.5 Å². The van der Waals surface area contributed by atoms with E-state index in [0.29, 0.717) is 28.5 Å².